The van der Waals surface area contributed by atoms with Crippen LogP contribution in [0.15, 0.2) is 54.6 Å². The maximum absolute atomic E-state index is 2.34. The average molecular weight is 238 g/mol. The maximum Gasteiger partial charge on any atom is -0.0152 e. The van der Waals surface area contributed by atoms with E-state index in [2.05, 4.69) is 75.4 Å². The minimum atomic E-state index is 0.596. The number of allylic oxidation sites excluding steroid dienone is 2. The van der Waals surface area contributed by atoms with Gasteiger partial charge in [-0.25, -0.2) is 0 Å². The molecular formula is C18H22. The molecule has 0 saturated carbocycles. The van der Waals surface area contributed by atoms with Crippen molar-refractivity contribution in [1.29, 1.82) is 0 Å². The van der Waals surface area contributed by atoms with Gasteiger partial charge in [0.1, 0.15) is 0 Å². The van der Waals surface area contributed by atoms with Gasteiger partial charge in [-0.05, 0) is 34.6 Å². The molecule has 0 bridgehead atoms. The second kappa shape index (κ2) is 5.86. The van der Waals surface area contributed by atoms with Crippen molar-refractivity contribution in [2.24, 2.45) is 11.8 Å². The highest BCUT2D eigenvalue weighted by molar-refractivity contribution is 5.85. The van der Waals surface area contributed by atoms with Crippen LogP contribution in [0.4, 0.5) is 0 Å². The molecule has 18 heavy (non-hydrogen) atoms. The Labute approximate surface area is 110 Å². The predicted octanol–water partition coefficient (Wildman–Crippen LogP) is 5.23. The molecule has 1 unspecified atom stereocenters. The fourth-order valence-corrected chi connectivity index (χ4v) is 2.30. The van der Waals surface area contributed by atoms with Gasteiger partial charge in [-0.2, -0.15) is 0 Å². The van der Waals surface area contributed by atoms with E-state index in [-0.39, 0.29) is 0 Å². The number of benzene rings is 2. The van der Waals surface area contributed by atoms with Crippen molar-refractivity contribution < 1.29 is 0 Å². The van der Waals surface area contributed by atoms with Crippen molar-refractivity contribution >= 4 is 10.8 Å². The van der Waals surface area contributed by atoms with E-state index in [4.69, 9.17) is 0 Å². The largest absolute Gasteiger partial charge is 0.0857 e. The van der Waals surface area contributed by atoms with E-state index in [1.807, 2.05) is 0 Å². The molecule has 0 nitrogen and oxygen atoms in total. The molecular weight excluding hydrogens is 216 g/mol. The molecule has 0 aromatic heterocycles. The lowest BCUT2D eigenvalue weighted by Gasteiger charge is -2.10. The minimum Gasteiger partial charge on any atom is -0.0857 e. The molecule has 0 fully saturated rings. The van der Waals surface area contributed by atoms with Crippen LogP contribution in [0, 0.1) is 11.8 Å². The fraction of sp³-hybridized carbons (Fsp3) is 0.333. The smallest absolute Gasteiger partial charge is 0.0152 e. The molecule has 0 amide bonds. The zero-order valence-electron chi connectivity index (χ0n) is 11.6. The normalized spacial score (nSPS) is 13.6. The summed E-state index contributed by atoms with van der Waals surface area (Å²) in [5, 5.41) is 2.74. The summed E-state index contributed by atoms with van der Waals surface area (Å²) < 4.78 is 0. The number of rotatable bonds is 4. The van der Waals surface area contributed by atoms with Gasteiger partial charge in [0.05, 0.1) is 0 Å². The molecule has 2 aromatic carbocycles. The van der Waals surface area contributed by atoms with Gasteiger partial charge in [0.15, 0.2) is 0 Å². The van der Waals surface area contributed by atoms with E-state index < -0.39 is 0 Å². The molecule has 0 heteroatoms. The average Bonchev–Trinajstić information content (AvgIpc) is 2.37. The van der Waals surface area contributed by atoms with Gasteiger partial charge in [-0.15, -0.1) is 0 Å². The molecule has 0 aliphatic heterocycles. The number of fused-ring (bicyclic) bond motifs is 1. The van der Waals surface area contributed by atoms with Crippen molar-refractivity contribution in [1.82, 2.24) is 0 Å². The summed E-state index contributed by atoms with van der Waals surface area (Å²) >= 11 is 0. The Morgan fingerprint density at radius 1 is 0.889 bits per heavy atom. The summed E-state index contributed by atoms with van der Waals surface area (Å²) in [5.41, 5.74) is 1.45. The van der Waals surface area contributed by atoms with Crippen molar-refractivity contribution in [3.05, 3.63) is 60.2 Å². The van der Waals surface area contributed by atoms with Gasteiger partial charge in [0.25, 0.3) is 0 Å². The highest BCUT2D eigenvalue weighted by Gasteiger charge is 2.04. The van der Waals surface area contributed by atoms with Crippen LogP contribution >= 0.6 is 0 Å². The molecule has 0 aliphatic rings. The Balaban J connectivity index is 2.21. The Kier molecular flexibility index (Phi) is 4.19. The van der Waals surface area contributed by atoms with Crippen LogP contribution in [0.2, 0.25) is 0 Å². The fourth-order valence-electron chi connectivity index (χ4n) is 2.30. The third-order valence-electron chi connectivity index (χ3n) is 3.25. The highest BCUT2D eigenvalue weighted by Crippen LogP contribution is 2.21. The van der Waals surface area contributed by atoms with Gasteiger partial charge < -0.3 is 0 Å². The first kappa shape index (κ1) is 12.9. The summed E-state index contributed by atoms with van der Waals surface area (Å²) in [6.45, 7) is 6.74. The van der Waals surface area contributed by atoms with Crippen molar-refractivity contribution in [2.75, 3.05) is 0 Å². The van der Waals surface area contributed by atoms with Crippen molar-refractivity contribution in [3.63, 3.8) is 0 Å². The second-order valence-electron chi connectivity index (χ2n) is 5.45. The zero-order valence-corrected chi connectivity index (χ0v) is 11.6. The van der Waals surface area contributed by atoms with Gasteiger partial charge in [-0.3, -0.25) is 0 Å². The van der Waals surface area contributed by atoms with Crippen LogP contribution in [0.25, 0.3) is 10.8 Å². The third-order valence-corrected chi connectivity index (χ3v) is 3.25. The summed E-state index contributed by atoms with van der Waals surface area (Å²) in [6.07, 6.45) is 5.76. The Hall–Kier alpha value is -1.56. The van der Waals surface area contributed by atoms with Crippen LogP contribution in [0.1, 0.15) is 26.3 Å². The molecule has 0 heterocycles. The summed E-state index contributed by atoms with van der Waals surface area (Å²) in [4.78, 5) is 0. The lowest BCUT2D eigenvalue weighted by Crippen LogP contribution is -1.97. The molecule has 0 radical (unpaired) electrons. The summed E-state index contributed by atoms with van der Waals surface area (Å²) in [5.74, 6) is 1.23. The van der Waals surface area contributed by atoms with Crippen LogP contribution < -0.4 is 0 Å². The minimum absolute atomic E-state index is 0.596. The zero-order chi connectivity index (χ0) is 13.0. The Bertz CT molecular complexity index is 529. The molecule has 2 rings (SSSR count). The lowest BCUT2D eigenvalue weighted by atomic mass is 9.95. The Morgan fingerprint density at radius 3 is 2.39 bits per heavy atom. The molecule has 0 N–H and O–H groups in total. The SMILES string of the molecule is CC(C)/C=C/C(C)Cc1cccc2ccccc12. The third kappa shape index (κ3) is 3.22. The van der Waals surface area contributed by atoms with E-state index in [1.54, 1.807) is 0 Å². The summed E-state index contributed by atoms with van der Waals surface area (Å²) in [6, 6.07) is 15.2. The highest BCUT2D eigenvalue weighted by atomic mass is 14.1. The first-order valence-electron chi connectivity index (χ1n) is 6.82. The lowest BCUT2D eigenvalue weighted by molar-refractivity contribution is 0.711. The predicted molar refractivity (Wildman–Crippen MR) is 80.8 cm³/mol. The van der Waals surface area contributed by atoms with E-state index >= 15 is 0 Å². The summed E-state index contributed by atoms with van der Waals surface area (Å²) in [7, 11) is 0. The van der Waals surface area contributed by atoms with E-state index in [0.29, 0.717) is 11.8 Å². The first-order chi connectivity index (χ1) is 8.66. The first-order valence-corrected chi connectivity index (χ1v) is 6.82. The molecule has 94 valence electrons. The van der Waals surface area contributed by atoms with Crippen LogP contribution in [0.5, 0.6) is 0 Å². The van der Waals surface area contributed by atoms with Crippen LogP contribution in [0.3, 0.4) is 0 Å². The maximum atomic E-state index is 2.34. The van der Waals surface area contributed by atoms with E-state index in [9.17, 15) is 0 Å². The molecule has 0 spiro atoms. The van der Waals surface area contributed by atoms with Gasteiger partial charge in [-0.1, -0.05) is 75.4 Å². The van der Waals surface area contributed by atoms with Crippen molar-refractivity contribution in [2.45, 2.75) is 27.2 Å². The Morgan fingerprint density at radius 2 is 1.61 bits per heavy atom. The number of hydrogen-bond acceptors (Lipinski definition) is 0. The van der Waals surface area contributed by atoms with E-state index in [0.717, 1.165) is 6.42 Å². The van der Waals surface area contributed by atoms with Crippen LogP contribution in [-0.2, 0) is 6.42 Å². The van der Waals surface area contributed by atoms with Crippen LogP contribution in [-0.4, -0.2) is 0 Å². The van der Waals surface area contributed by atoms with Crippen molar-refractivity contribution in [3.8, 4) is 0 Å². The molecule has 0 saturated heterocycles. The molecule has 0 aliphatic carbocycles. The topological polar surface area (TPSA) is 0 Å². The molecule has 1 atom stereocenters. The standard InChI is InChI=1S/C18H22/c1-14(2)11-12-15(3)13-17-9-6-8-16-7-4-5-10-18(16)17/h4-12,14-15H,13H2,1-3H3/b12-11+. The van der Waals surface area contributed by atoms with Gasteiger partial charge in [0, 0.05) is 0 Å². The molecule has 2 aromatic rings. The van der Waals surface area contributed by atoms with E-state index in [1.165, 1.54) is 16.3 Å². The number of hydrogen-bond donors (Lipinski definition) is 0. The monoisotopic (exact) mass is 238 g/mol. The van der Waals surface area contributed by atoms with Gasteiger partial charge in [0.2, 0.25) is 0 Å². The second-order valence-corrected chi connectivity index (χ2v) is 5.45. The quantitative estimate of drug-likeness (QED) is 0.640. The van der Waals surface area contributed by atoms with Gasteiger partial charge >= 0.3 is 0 Å².